The first-order valence-corrected chi connectivity index (χ1v) is 8.23. The van der Waals surface area contributed by atoms with Gasteiger partial charge in [0.25, 0.3) is 11.8 Å². The highest BCUT2D eigenvalue weighted by molar-refractivity contribution is 14.1. The summed E-state index contributed by atoms with van der Waals surface area (Å²) in [6, 6.07) is 13.1. The molecule has 0 saturated carbocycles. The molecule has 0 bridgehead atoms. The average Bonchev–Trinajstić information content (AvgIpc) is 2.64. The molecular formula is C17H15IN2O5. The molecule has 0 spiro atoms. The van der Waals surface area contributed by atoms with E-state index in [9.17, 15) is 14.4 Å². The van der Waals surface area contributed by atoms with E-state index in [0.717, 1.165) is 3.57 Å². The van der Waals surface area contributed by atoms with E-state index >= 15 is 0 Å². The highest BCUT2D eigenvalue weighted by atomic mass is 127. The summed E-state index contributed by atoms with van der Waals surface area (Å²) in [7, 11) is 1.52. The molecule has 0 heterocycles. The summed E-state index contributed by atoms with van der Waals surface area (Å²) in [4.78, 5) is 35.3. The second kappa shape index (κ2) is 9.02. The van der Waals surface area contributed by atoms with Crippen LogP contribution >= 0.6 is 22.6 Å². The van der Waals surface area contributed by atoms with Crippen LogP contribution < -0.4 is 15.6 Å². The molecule has 2 N–H and O–H groups in total. The molecule has 0 aromatic heterocycles. The van der Waals surface area contributed by atoms with Gasteiger partial charge in [0.05, 0.1) is 12.7 Å². The lowest BCUT2D eigenvalue weighted by Crippen LogP contribution is -2.43. The Hall–Kier alpha value is -2.62. The van der Waals surface area contributed by atoms with Crippen LogP contribution in [-0.4, -0.2) is 31.5 Å². The fourth-order valence-corrected chi connectivity index (χ4v) is 2.35. The van der Waals surface area contributed by atoms with Gasteiger partial charge in [0, 0.05) is 9.13 Å². The zero-order valence-corrected chi connectivity index (χ0v) is 15.4. The van der Waals surface area contributed by atoms with Gasteiger partial charge in [0.2, 0.25) is 0 Å². The maximum atomic E-state index is 11.9. The summed E-state index contributed by atoms with van der Waals surface area (Å²) in [5.41, 5.74) is 5.11. The van der Waals surface area contributed by atoms with Crippen molar-refractivity contribution < 1.29 is 23.9 Å². The van der Waals surface area contributed by atoms with E-state index in [0.29, 0.717) is 16.9 Å². The molecule has 0 saturated heterocycles. The van der Waals surface area contributed by atoms with Crippen molar-refractivity contribution in [3.63, 3.8) is 0 Å². The molecule has 0 aliphatic heterocycles. The Bertz CT molecular complexity index is 777. The molecule has 7 nitrogen and oxygen atoms in total. The van der Waals surface area contributed by atoms with Crippen LogP contribution in [0.5, 0.6) is 5.75 Å². The zero-order valence-electron chi connectivity index (χ0n) is 13.2. The topological polar surface area (TPSA) is 93.7 Å². The number of carbonyl (C=O) groups excluding carboxylic acids is 3. The van der Waals surface area contributed by atoms with E-state index < -0.39 is 24.4 Å². The lowest BCUT2D eigenvalue weighted by molar-refractivity contribution is -0.125. The summed E-state index contributed by atoms with van der Waals surface area (Å²) < 4.78 is 10.8. The van der Waals surface area contributed by atoms with E-state index in [4.69, 9.17) is 9.47 Å². The molecule has 0 fully saturated rings. The SMILES string of the molecule is COc1ccc(C(=O)NNC(=O)COC(=O)c2cccc(I)c2)cc1. The van der Waals surface area contributed by atoms with Crippen LogP contribution in [-0.2, 0) is 9.53 Å². The highest BCUT2D eigenvalue weighted by Crippen LogP contribution is 2.11. The first-order valence-electron chi connectivity index (χ1n) is 7.15. The number of amides is 2. The summed E-state index contributed by atoms with van der Waals surface area (Å²) in [5.74, 6) is -1.15. The summed E-state index contributed by atoms with van der Waals surface area (Å²) in [5, 5.41) is 0. The Morgan fingerprint density at radius 1 is 1.00 bits per heavy atom. The number of benzene rings is 2. The Morgan fingerprint density at radius 2 is 1.72 bits per heavy atom. The van der Waals surface area contributed by atoms with Crippen LogP contribution in [0.25, 0.3) is 0 Å². The molecule has 8 heteroatoms. The third-order valence-corrected chi connectivity index (χ3v) is 3.73. The molecule has 2 amide bonds. The molecule has 130 valence electrons. The molecule has 0 aliphatic rings. The number of rotatable bonds is 5. The minimum absolute atomic E-state index is 0.344. The van der Waals surface area contributed by atoms with Crippen LogP contribution in [0.2, 0.25) is 0 Å². The fraction of sp³-hybridized carbons (Fsp3) is 0.118. The largest absolute Gasteiger partial charge is 0.497 e. The average molecular weight is 454 g/mol. The Morgan fingerprint density at radius 3 is 2.36 bits per heavy atom. The van der Waals surface area contributed by atoms with Crippen molar-refractivity contribution in [1.82, 2.24) is 10.9 Å². The molecule has 2 aromatic rings. The van der Waals surface area contributed by atoms with E-state index in [1.54, 1.807) is 42.5 Å². The highest BCUT2D eigenvalue weighted by Gasteiger charge is 2.12. The van der Waals surface area contributed by atoms with Gasteiger partial charge >= 0.3 is 5.97 Å². The Kier molecular flexibility index (Phi) is 6.75. The number of hydrogen-bond donors (Lipinski definition) is 2. The van der Waals surface area contributed by atoms with Gasteiger partial charge in [-0.15, -0.1) is 0 Å². The number of hydrazine groups is 1. The van der Waals surface area contributed by atoms with Gasteiger partial charge in [0.15, 0.2) is 6.61 Å². The number of hydrogen-bond acceptors (Lipinski definition) is 5. The van der Waals surface area contributed by atoms with Crippen molar-refractivity contribution in [2.75, 3.05) is 13.7 Å². The van der Waals surface area contributed by atoms with Crippen molar-refractivity contribution >= 4 is 40.4 Å². The number of nitrogens with one attached hydrogen (secondary N) is 2. The minimum atomic E-state index is -0.652. The van der Waals surface area contributed by atoms with Gasteiger partial charge in [0.1, 0.15) is 5.75 Å². The second-order valence-electron chi connectivity index (χ2n) is 4.82. The number of halogens is 1. The van der Waals surface area contributed by atoms with Gasteiger partial charge in [-0.3, -0.25) is 20.4 Å². The third kappa shape index (κ3) is 5.75. The maximum absolute atomic E-state index is 11.9. The van der Waals surface area contributed by atoms with E-state index in [1.165, 1.54) is 7.11 Å². The number of carbonyl (C=O) groups is 3. The number of methoxy groups -OCH3 is 1. The van der Waals surface area contributed by atoms with E-state index in [1.807, 2.05) is 6.07 Å². The van der Waals surface area contributed by atoms with Crippen molar-refractivity contribution in [3.8, 4) is 5.75 Å². The van der Waals surface area contributed by atoms with Crippen LogP contribution in [0, 0.1) is 3.57 Å². The summed E-state index contributed by atoms with van der Waals surface area (Å²) in [6.07, 6.45) is 0. The number of ether oxygens (including phenoxy) is 2. The minimum Gasteiger partial charge on any atom is -0.497 e. The maximum Gasteiger partial charge on any atom is 0.338 e. The molecule has 0 aliphatic carbocycles. The van der Waals surface area contributed by atoms with Crippen molar-refractivity contribution in [1.29, 1.82) is 0 Å². The van der Waals surface area contributed by atoms with E-state index in [2.05, 4.69) is 33.4 Å². The monoisotopic (exact) mass is 454 g/mol. The normalized spacial score (nSPS) is 9.84. The number of esters is 1. The van der Waals surface area contributed by atoms with Crippen molar-refractivity contribution in [2.45, 2.75) is 0 Å². The molecular weight excluding hydrogens is 439 g/mol. The van der Waals surface area contributed by atoms with Gasteiger partial charge < -0.3 is 9.47 Å². The molecule has 2 aromatic carbocycles. The predicted octanol–water partition coefficient (Wildman–Crippen LogP) is 1.92. The van der Waals surface area contributed by atoms with Gasteiger partial charge in [-0.05, 0) is 65.1 Å². The zero-order chi connectivity index (χ0) is 18.2. The van der Waals surface area contributed by atoms with Gasteiger partial charge in [-0.1, -0.05) is 6.07 Å². The third-order valence-electron chi connectivity index (χ3n) is 3.06. The quantitative estimate of drug-likeness (QED) is 0.409. The standard InChI is InChI=1S/C17H15IN2O5/c1-24-14-7-5-11(6-8-14)16(22)20-19-15(21)10-25-17(23)12-3-2-4-13(18)9-12/h2-9H,10H2,1H3,(H,19,21)(H,20,22). The molecule has 0 unspecified atom stereocenters. The Balaban J connectivity index is 1.78. The molecule has 2 rings (SSSR count). The second-order valence-corrected chi connectivity index (χ2v) is 6.06. The molecule has 0 atom stereocenters. The van der Waals surface area contributed by atoms with Crippen LogP contribution in [0.3, 0.4) is 0 Å². The lowest BCUT2D eigenvalue weighted by Gasteiger charge is -2.08. The van der Waals surface area contributed by atoms with E-state index in [-0.39, 0.29) is 0 Å². The smallest absolute Gasteiger partial charge is 0.338 e. The van der Waals surface area contributed by atoms with Gasteiger partial charge in [-0.25, -0.2) is 4.79 Å². The summed E-state index contributed by atoms with van der Waals surface area (Å²) >= 11 is 2.07. The van der Waals surface area contributed by atoms with Crippen LogP contribution in [0.1, 0.15) is 20.7 Å². The Labute approximate surface area is 157 Å². The van der Waals surface area contributed by atoms with Crippen molar-refractivity contribution in [2.24, 2.45) is 0 Å². The molecule has 0 radical (unpaired) electrons. The summed E-state index contributed by atoms with van der Waals surface area (Å²) in [6.45, 7) is -0.507. The molecule has 25 heavy (non-hydrogen) atoms. The first kappa shape index (κ1) is 18.7. The van der Waals surface area contributed by atoms with Crippen LogP contribution in [0.4, 0.5) is 0 Å². The van der Waals surface area contributed by atoms with Crippen molar-refractivity contribution in [3.05, 3.63) is 63.2 Å². The van der Waals surface area contributed by atoms with Crippen LogP contribution in [0.15, 0.2) is 48.5 Å². The predicted molar refractivity (Wildman–Crippen MR) is 98.0 cm³/mol. The van der Waals surface area contributed by atoms with Gasteiger partial charge in [-0.2, -0.15) is 0 Å². The lowest BCUT2D eigenvalue weighted by atomic mass is 10.2. The fourth-order valence-electron chi connectivity index (χ4n) is 1.81. The first-order chi connectivity index (χ1) is 12.0.